The second-order valence-electron chi connectivity index (χ2n) is 4.66. The predicted molar refractivity (Wildman–Crippen MR) is 75.3 cm³/mol. The lowest BCUT2D eigenvalue weighted by molar-refractivity contribution is 0.541. The van der Waals surface area contributed by atoms with E-state index in [2.05, 4.69) is 25.2 Å². The first kappa shape index (κ1) is 12.4. The predicted octanol–water partition coefficient (Wildman–Crippen LogP) is 1.83. The number of nitrogens with zero attached hydrogens (tertiary/aromatic N) is 3. The zero-order chi connectivity index (χ0) is 13.1. The average molecular weight is 278 g/mol. The van der Waals surface area contributed by atoms with Gasteiger partial charge < -0.3 is 15.2 Å². The van der Waals surface area contributed by atoms with Crippen molar-refractivity contribution in [2.24, 2.45) is 0 Å². The van der Waals surface area contributed by atoms with E-state index in [0.29, 0.717) is 11.1 Å². The van der Waals surface area contributed by atoms with E-state index in [1.807, 2.05) is 18.3 Å². The van der Waals surface area contributed by atoms with Gasteiger partial charge in [-0.1, -0.05) is 11.6 Å². The zero-order valence-electron chi connectivity index (χ0n) is 10.5. The number of hydrogen-bond donors (Lipinski definition) is 2. The number of hydrogen-bond acceptors (Lipinski definition) is 4. The highest BCUT2D eigenvalue weighted by atomic mass is 35.5. The van der Waals surface area contributed by atoms with Crippen molar-refractivity contribution in [3.63, 3.8) is 0 Å². The van der Waals surface area contributed by atoms with E-state index in [1.54, 1.807) is 12.4 Å². The molecule has 0 spiro atoms. The Labute approximate surface area is 117 Å². The summed E-state index contributed by atoms with van der Waals surface area (Å²) in [5.74, 6) is 1.85. The molecule has 3 heterocycles. The minimum Gasteiger partial charge on any atom is -0.354 e. The van der Waals surface area contributed by atoms with Crippen LogP contribution in [0.2, 0.25) is 5.02 Å². The van der Waals surface area contributed by atoms with E-state index in [4.69, 9.17) is 11.6 Å². The number of halogens is 1. The molecule has 2 aromatic heterocycles. The summed E-state index contributed by atoms with van der Waals surface area (Å²) in [5, 5.41) is 4.21. The number of imidazole rings is 1. The van der Waals surface area contributed by atoms with Gasteiger partial charge in [-0.25, -0.2) is 9.97 Å². The molecule has 0 amide bonds. The molecule has 19 heavy (non-hydrogen) atoms. The van der Waals surface area contributed by atoms with Crippen LogP contribution in [0.3, 0.4) is 0 Å². The molecule has 1 aliphatic heterocycles. The van der Waals surface area contributed by atoms with Crippen LogP contribution >= 0.6 is 11.6 Å². The summed E-state index contributed by atoms with van der Waals surface area (Å²) in [4.78, 5) is 13.9. The highest BCUT2D eigenvalue weighted by Crippen LogP contribution is 2.25. The molecule has 0 unspecified atom stereocenters. The molecule has 1 fully saturated rings. The van der Waals surface area contributed by atoms with Crippen molar-refractivity contribution in [1.29, 1.82) is 0 Å². The number of aromatic amines is 1. The van der Waals surface area contributed by atoms with Gasteiger partial charge >= 0.3 is 0 Å². The third kappa shape index (κ3) is 2.88. The Kier molecular flexibility index (Phi) is 3.66. The third-order valence-electron chi connectivity index (χ3n) is 3.34. The Balaban J connectivity index is 1.57. The summed E-state index contributed by atoms with van der Waals surface area (Å²) in [7, 11) is 0. The van der Waals surface area contributed by atoms with Crippen molar-refractivity contribution in [2.75, 3.05) is 18.0 Å². The summed E-state index contributed by atoms with van der Waals surface area (Å²) >= 11 is 6.17. The van der Waals surface area contributed by atoms with Crippen LogP contribution in [-0.4, -0.2) is 34.1 Å². The van der Waals surface area contributed by atoms with Crippen molar-refractivity contribution in [1.82, 2.24) is 20.3 Å². The normalized spacial score (nSPS) is 19.0. The fourth-order valence-corrected chi connectivity index (χ4v) is 2.61. The van der Waals surface area contributed by atoms with Crippen LogP contribution in [0, 0.1) is 0 Å². The molecule has 0 radical (unpaired) electrons. The van der Waals surface area contributed by atoms with Gasteiger partial charge in [-0.2, -0.15) is 0 Å². The molecule has 0 aromatic carbocycles. The molecule has 100 valence electrons. The van der Waals surface area contributed by atoms with E-state index in [1.165, 1.54) is 0 Å². The lowest BCUT2D eigenvalue weighted by atomic mass is 10.2. The molecular weight excluding hydrogens is 262 g/mol. The summed E-state index contributed by atoms with van der Waals surface area (Å²) in [6, 6.07) is 4.19. The third-order valence-corrected chi connectivity index (χ3v) is 3.63. The lowest BCUT2D eigenvalue weighted by Crippen LogP contribution is -2.32. The van der Waals surface area contributed by atoms with Crippen LogP contribution in [0.4, 0.5) is 5.82 Å². The van der Waals surface area contributed by atoms with Gasteiger partial charge in [0.15, 0.2) is 0 Å². The Bertz CT molecular complexity index is 528. The first-order chi connectivity index (χ1) is 9.33. The van der Waals surface area contributed by atoms with Gasteiger partial charge in [0.25, 0.3) is 0 Å². The highest BCUT2D eigenvalue weighted by Gasteiger charge is 2.24. The van der Waals surface area contributed by atoms with Gasteiger partial charge in [0.05, 0.1) is 11.6 Å². The highest BCUT2D eigenvalue weighted by molar-refractivity contribution is 6.32. The van der Waals surface area contributed by atoms with Gasteiger partial charge in [-0.3, -0.25) is 0 Å². The maximum absolute atomic E-state index is 6.17. The van der Waals surface area contributed by atoms with E-state index < -0.39 is 0 Å². The number of H-pyrrole nitrogens is 1. The smallest absolute Gasteiger partial charge is 0.147 e. The molecule has 1 atom stereocenters. The number of nitrogens with one attached hydrogen (secondary N) is 2. The summed E-state index contributed by atoms with van der Waals surface area (Å²) in [5.41, 5.74) is 0. The maximum atomic E-state index is 6.17. The summed E-state index contributed by atoms with van der Waals surface area (Å²) in [6.45, 7) is 2.67. The lowest BCUT2D eigenvalue weighted by Gasteiger charge is -2.18. The molecule has 2 aromatic rings. The molecule has 6 heteroatoms. The summed E-state index contributed by atoms with van der Waals surface area (Å²) in [6.07, 6.45) is 6.48. The standard InChI is InChI=1S/C13H16ClN5/c14-11-2-1-4-17-13(11)19-7-3-10(9-19)18-8-12-15-5-6-16-12/h1-2,4-6,10,18H,3,7-9H2,(H,15,16)/t10-/m1/s1. The molecule has 0 bridgehead atoms. The van der Waals surface area contributed by atoms with Gasteiger partial charge in [-0.15, -0.1) is 0 Å². The zero-order valence-corrected chi connectivity index (χ0v) is 11.3. The average Bonchev–Trinajstić information content (AvgIpc) is 3.08. The van der Waals surface area contributed by atoms with Gasteiger partial charge in [0, 0.05) is 37.7 Å². The van der Waals surface area contributed by atoms with Crippen LogP contribution in [-0.2, 0) is 6.54 Å². The Morgan fingerprint density at radius 3 is 3.16 bits per heavy atom. The Hall–Kier alpha value is -1.59. The second kappa shape index (κ2) is 5.59. The van der Waals surface area contributed by atoms with Crippen molar-refractivity contribution >= 4 is 17.4 Å². The molecule has 0 aliphatic carbocycles. The van der Waals surface area contributed by atoms with Crippen molar-refractivity contribution < 1.29 is 0 Å². The molecule has 5 nitrogen and oxygen atoms in total. The maximum Gasteiger partial charge on any atom is 0.147 e. The van der Waals surface area contributed by atoms with E-state index in [0.717, 1.165) is 37.7 Å². The fourth-order valence-electron chi connectivity index (χ4n) is 2.36. The Morgan fingerprint density at radius 1 is 1.42 bits per heavy atom. The van der Waals surface area contributed by atoms with Crippen LogP contribution < -0.4 is 10.2 Å². The fraction of sp³-hybridized carbons (Fsp3) is 0.385. The minimum atomic E-state index is 0.447. The number of anilines is 1. The largest absolute Gasteiger partial charge is 0.354 e. The van der Waals surface area contributed by atoms with Crippen LogP contribution in [0.15, 0.2) is 30.7 Å². The molecular formula is C13H16ClN5. The molecule has 2 N–H and O–H groups in total. The van der Waals surface area contributed by atoms with E-state index >= 15 is 0 Å². The van der Waals surface area contributed by atoms with Gasteiger partial charge in [0.2, 0.25) is 0 Å². The summed E-state index contributed by atoms with van der Waals surface area (Å²) < 4.78 is 0. The quantitative estimate of drug-likeness (QED) is 0.895. The van der Waals surface area contributed by atoms with E-state index in [9.17, 15) is 0 Å². The number of pyridine rings is 1. The molecule has 3 rings (SSSR count). The molecule has 1 aliphatic rings. The molecule has 1 saturated heterocycles. The molecule has 0 saturated carbocycles. The topological polar surface area (TPSA) is 56.8 Å². The number of aromatic nitrogens is 3. The first-order valence-corrected chi connectivity index (χ1v) is 6.78. The second-order valence-corrected chi connectivity index (χ2v) is 5.06. The van der Waals surface area contributed by atoms with Crippen molar-refractivity contribution in [3.8, 4) is 0 Å². The van der Waals surface area contributed by atoms with Crippen molar-refractivity contribution in [3.05, 3.63) is 41.6 Å². The monoisotopic (exact) mass is 277 g/mol. The van der Waals surface area contributed by atoms with Crippen LogP contribution in [0.1, 0.15) is 12.2 Å². The first-order valence-electron chi connectivity index (χ1n) is 6.40. The van der Waals surface area contributed by atoms with Gasteiger partial charge in [0.1, 0.15) is 11.6 Å². The minimum absolute atomic E-state index is 0.447. The number of rotatable bonds is 4. The Morgan fingerprint density at radius 2 is 2.37 bits per heavy atom. The van der Waals surface area contributed by atoms with Crippen molar-refractivity contribution in [2.45, 2.75) is 19.0 Å². The van der Waals surface area contributed by atoms with Crippen LogP contribution in [0.5, 0.6) is 0 Å². The van der Waals surface area contributed by atoms with E-state index in [-0.39, 0.29) is 0 Å². The van der Waals surface area contributed by atoms with Gasteiger partial charge in [-0.05, 0) is 18.6 Å². The SMILES string of the molecule is Clc1cccnc1N1CC[C@@H](NCc2ncc[nH]2)C1. The van der Waals surface area contributed by atoms with Crippen LogP contribution in [0.25, 0.3) is 0 Å².